The quantitative estimate of drug-likeness (QED) is 0.850. The van der Waals surface area contributed by atoms with Crippen LogP contribution in [0.3, 0.4) is 0 Å². The van der Waals surface area contributed by atoms with Crippen LogP contribution in [0.5, 0.6) is 5.75 Å². The molecule has 6 heteroatoms. The van der Waals surface area contributed by atoms with Gasteiger partial charge in [0.05, 0.1) is 31.7 Å². The van der Waals surface area contributed by atoms with E-state index in [0.717, 1.165) is 11.3 Å². The fourth-order valence-electron chi connectivity index (χ4n) is 4.20. The van der Waals surface area contributed by atoms with Crippen LogP contribution in [-0.2, 0) is 14.3 Å². The molecule has 126 valence electrons. The Balaban J connectivity index is 1.63. The molecule has 2 fully saturated rings. The van der Waals surface area contributed by atoms with Gasteiger partial charge in [0, 0.05) is 0 Å². The zero-order chi connectivity index (χ0) is 17.1. The third-order valence-corrected chi connectivity index (χ3v) is 5.48. The zero-order valence-corrected chi connectivity index (χ0v) is 13.5. The van der Waals surface area contributed by atoms with E-state index in [4.69, 9.17) is 9.47 Å². The second-order valence-corrected chi connectivity index (χ2v) is 6.65. The van der Waals surface area contributed by atoms with Crippen LogP contribution in [0.15, 0.2) is 36.4 Å². The molecule has 5 atom stereocenters. The van der Waals surface area contributed by atoms with E-state index in [2.05, 4.69) is 0 Å². The van der Waals surface area contributed by atoms with Crippen molar-refractivity contribution < 1.29 is 24.2 Å². The average molecular weight is 329 g/mol. The molecule has 0 radical (unpaired) electrons. The van der Waals surface area contributed by atoms with E-state index >= 15 is 0 Å². The molecule has 3 aliphatic rings. The minimum Gasteiger partial charge on any atom is -0.497 e. The SMILES string of the molecule is COc1ccc([C@H](C)N2C[C@@]34C=C[C@H](O3)[C@H](C(=O)O)[C@@H]4C2=O)cc1. The van der Waals surface area contributed by atoms with Gasteiger partial charge in [-0.15, -0.1) is 0 Å². The number of ether oxygens (including phenoxy) is 2. The Hall–Kier alpha value is -2.34. The van der Waals surface area contributed by atoms with Crippen LogP contribution in [0.25, 0.3) is 0 Å². The fraction of sp³-hybridized carbons (Fsp3) is 0.444. The van der Waals surface area contributed by atoms with Gasteiger partial charge >= 0.3 is 5.97 Å². The van der Waals surface area contributed by atoms with Crippen LogP contribution < -0.4 is 4.74 Å². The maximum atomic E-state index is 12.9. The molecule has 1 aromatic carbocycles. The molecule has 24 heavy (non-hydrogen) atoms. The number of hydrogen-bond acceptors (Lipinski definition) is 4. The lowest BCUT2D eigenvalue weighted by Crippen LogP contribution is -2.39. The number of methoxy groups -OCH3 is 1. The van der Waals surface area contributed by atoms with Crippen molar-refractivity contribution in [2.45, 2.75) is 24.7 Å². The molecule has 3 heterocycles. The smallest absolute Gasteiger partial charge is 0.310 e. The number of amides is 1. The summed E-state index contributed by atoms with van der Waals surface area (Å²) in [6, 6.07) is 7.39. The number of carboxylic acids is 1. The number of benzene rings is 1. The summed E-state index contributed by atoms with van der Waals surface area (Å²) in [5, 5.41) is 9.50. The number of carbonyl (C=O) groups is 2. The summed E-state index contributed by atoms with van der Waals surface area (Å²) in [6.45, 7) is 2.34. The minimum absolute atomic E-state index is 0.141. The van der Waals surface area contributed by atoms with Gasteiger partial charge in [-0.2, -0.15) is 0 Å². The Morgan fingerprint density at radius 2 is 2.12 bits per heavy atom. The Morgan fingerprint density at radius 1 is 1.42 bits per heavy atom. The van der Waals surface area contributed by atoms with E-state index < -0.39 is 29.5 Å². The van der Waals surface area contributed by atoms with Gasteiger partial charge < -0.3 is 19.5 Å². The topological polar surface area (TPSA) is 76.1 Å². The van der Waals surface area contributed by atoms with Crippen molar-refractivity contribution in [1.29, 1.82) is 0 Å². The number of nitrogens with zero attached hydrogens (tertiary/aromatic N) is 1. The first kappa shape index (κ1) is 15.2. The van der Waals surface area contributed by atoms with Crippen LogP contribution in [-0.4, -0.2) is 47.2 Å². The predicted octanol–water partition coefficient (Wildman–Crippen LogP) is 1.62. The highest BCUT2D eigenvalue weighted by Crippen LogP contribution is 2.53. The monoisotopic (exact) mass is 329 g/mol. The van der Waals surface area contributed by atoms with Crippen molar-refractivity contribution in [2.75, 3.05) is 13.7 Å². The lowest BCUT2D eigenvalue weighted by molar-refractivity contribution is -0.148. The molecule has 2 bridgehead atoms. The van der Waals surface area contributed by atoms with Crippen LogP contribution in [0.4, 0.5) is 0 Å². The first-order valence-electron chi connectivity index (χ1n) is 8.01. The van der Waals surface area contributed by atoms with Crippen molar-refractivity contribution in [1.82, 2.24) is 4.90 Å². The lowest BCUT2D eigenvalue weighted by atomic mass is 9.77. The van der Waals surface area contributed by atoms with Crippen LogP contribution in [0.1, 0.15) is 18.5 Å². The predicted molar refractivity (Wildman–Crippen MR) is 84.5 cm³/mol. The Bertz CT molecular complexity index is 727. The molecule has 1 N–H and O–H groups in total. The summed E-state index contributed by atoms with van der Waals surface area (Å²) in [4.78, 5) is 26.3. The molecule has 6 nitrogen and oxygen atoms in total. The summed E-state index contributed by atoms with van der Waals surface area (Å²) in [6.07, 6.45) is 3.17. The van der Waals surface area contributed by atoms with E-state index in [1.165, 1.54) is 0 Å². The standard InChI is InChI=1S/C18H19NO5/c1-10(11-3-5-12(23-2)6-4-11)19-9-18-8-7-13(24-18)14(17(21)22)15(18)16(19)20/h3-8,10,13-15H,9H2,1-2H3,(H,21,22)/t10-,13-,14-,15+,18+/m0/s1. The maximum absolute atomic E-state index is 12.9. The first-order chi connectivity index (χ1) is 11.5. The van der Waals surface area contributed by atoms with Crippen molar-refractivity contribution in [2.24, 2.45) is 11.8 Å². The third-order valence-electron chi connectivity index (χ3n) is 5.48. The van der Waals surface area contributed by atoms with Crippen molar-refractivity contribution >= 4 is 11.9 Å². The fourth-order valence-corrected chi connectivity index (χ4v) is 4.20. The maximum Gasteiger partial charge on any atom is 0.310 e. The van der Waals surface area contributed by atoms with Gasteiger partial charge in [0.1, 0.15) is 17.3 Å². The van der Waals surface area contributed by atoms with Gasteiger partial charge in [-0.3, -0.25) is 9.59 Å². The number of fused-ring (bicyclic) bond motifs is 1. The minimum atomic E-state index is -0.969. The van der Waals surface area contributed by atoms with Crippen molar-refractivity contribution in [3.8, 4) is 5.75 Å². The molecule has 1 aromatic rings. The van der Waals surface area contributed by atoms with Crippen LogP contribution in [0.2, 0.25) is 0 Å². The molecule has 0 aromatic heterocycles. The highest BCUT2D eigenvalue weighted by atomic mass is 16.5. The zero-order valence-electron chi connectivity index (χ0n) is 13.5. The molecule has 2 saturated heterocycles. The molecule has 1 spiro atoms. The highest BCUT2D eigenvalue weighted by molar-refractivity contribution is 5.91. The Kier molecular flexibility index (Phi) is 3.22. The van der Waals surface area contributed by atoms with Gasteiger partial charge in [0.2, 0.25) is 5.91 Å². The summed E-state index contributed by atoms with van der Waals surface area (Å²) in [5.74, 6) is -1.78. The molecule has 3 aliphatic heterocycles. The molecular weight excluding hydrogens is 310 g/mol. The molecule has 1 amide bonds. The van der Waals surface area contributed by atoms with Crippen molar-refractivity contribution in [3.05, 3.63) is 42.0 Å². The van der Waals surface area contributed by atoms with Gasteiger partial charge in [-0.25, -0.2) is 0 Å². The third kappa shape index (κ3) is 1.92. The van der Waals surface area contributed by atoms with E-state index in [1.807, 2.05) is 37.3 Å². The molecule has 0 saturated carbocycles. The number of aliphatic carboxylic acids is 1. The lowest BCUT2D eigenvalue weighted by Gasteiger charge is -2.27. The van der Waals surface area contributed by atoms with Crippen molar-refractivity contribution in [3.63, 3.8) is 0 Å². The second-order valence-electron chi connectivity index (χ2n) is 6.65. The van der Waals surface area contributed by atoms with Gasteiger partial charge in [-0.05, 0) is 24.6 Å². The van der Waals surface area contributed by atoms with Crippen LogP contribution in [0, 0.1) is 11.8 Å². The van der Waals surface area contributed by atoms with Gasteiger partial charge in [-0.1, -0.05) is 24.3 Å². The average Bonchev–Trinajstić information content (AvgIpc) is 3.22. The van der Waals surface area contributed by atoms with Gasteiger partial charge in [0.25, 0.3) is 0 Å². The van der Waals surface area contributed by atoms with Crippen LogP contribution >= 0.6 is 0 Å². The largest absolute Gasteiger partial charge is 0.497 e. The summed E-state index contributed by atoms with van der Waals surface area (Å²) >= 11 is 0. The number of carboxylic acid groups (broad SMARTS) is 1. The summed E-state index contributed by atoms with van der Waals surface area (Å²) in [7, 11) is 1.61. The van der Waals surface area contributed by atoms with E-state index in [1.54, 1.807) is 18.1 Å². The molecule has 0 aliphatic carbocycles. The van der Waals surface area contributed by atoms with E-state index in [-0.39, 0.29) is 11.9 Å². The number of carbonyl (C=O) groups excluding carboxylic acids is 1. The Labute approximate surface area is 139 Å². The second kappa shape index (κ2) is 5.08. The first-order valence-corrected chi connectivity index (χ1v) is 8.01. The highest BCUT2D eigenvalue weighted by Gasteiger charge is 2.67. The number of rotatable bonds is 4. The molecule has 0 unspecified atom stereocenters. The van der Waals surface area contributed by atoms with E-state index in [9.17, 15) is 14.7 Å². The number of hydrogen-bond donors (Lipinski definition) is 1. The summed E-state index contributed by atoms with van der Waals surface area (Å²) < 4.78 is 11.1. The van der Waals surface area contributed by atoms with Gasteiger partial charge in [0.15, 0.2) is 0 Å². The summed E-state index contributed by atoms with van der Waals surface area (Å²) in [5.41, 5.74) is 0.192. The Morgan fingerprint density at radius 3 is 2.75 bits per heavy atom. The normalized spacial score (nSPS) is 34.5. The number of likely N-dealkylation sites (tertiary alicyclic amines) is 1. The van der Waals surface area contributed by atoms with E-state index in [0.29, 0.717) is 6.54 Å². The molecule has 4 rings (SSSR count). The molecular formula is C18H19NO5.